The fraction of sp³-hybridized carbons (Fsp3) is 0.368. The molecule has 0 spiro atoms. The van der Waals surface area contributed by atoms with Crippen LogP contribution in [0, 0.1) is 5.82 Å². The van der Waals surface area contributed by atoms with E-state index in [1.54, 1.807) is 13.0 Å². The molecule has 4 rings (SSSR count). The zero-order valence-electron chi connectivity index (χ0n) is 14.0. The van der Waals surface area contributed by atoms with Crippen LogP contribution in [-0.2, 0) is 14.3 Å². The summed E-state index contributed by atoms with van der Waals surface area (Å²) in [5.41, 5.74) is 1.74. The van der Waals surface area contributed by atoms with E-state index in [-0.39, 0.29) is 36.5 Å². The van der Waals surface area contributed by atoms with Crippen LogP contribution < -0.4 is 5.32 Å². The van der Waals surface area contributed by atoms with Crippen molar-refractivity contribution in [2.45, 2.75) is 37.8 Å². The molecule has 5 nitrogen and oxygen atoms in total. The minimum Gasteiger partial charge on any atom is -0.478 e. The second-order valence-electron chi connectivity index (χ2n) is 6.88. The lowest BCUT2D eigenvalue weighted by Gasteiger charge is -2.35. The maximum atomic E-state index is 14.6. The first kappa shape index (κ1) is 16.8. The predicted octanol–water partition coefficient (Wildman–Crippen LogP) is 2.90. The summed E-state index contributed by atoms with van der Waals surface area (Å²) in [6, 6.07) is 4.38. The summed E-state index contributed by atoms with van der Waals surface area (Å²) in [7, 11) is 0. The molecule has 1 fully saturated rings. The van der Waals surface area contributed by atoms with Crippen molar-refractivity contribution >= 4 is 11.9 Å². The number of rotatable bonds is 3. The zero-order valence-corrected chi connectivity index (χ0v) is 14.0. The molecule has 1 aromatic rings. The van der Waals surface area contributed by atoms with Crippen molar-refractivity contribution in [1.29, 1.82) is 0 Å². The predicted molar refractivity (Wildman–Crippen MR) is 87.5 cm³/mol. The Hall–Kier alpha value is -2.70. The maximum absolute atomic E-state index is 14.6. The van der Waals surface area contributed by atoms with Gasteiger partial charge in [0, 0.05) is 5.70 Å². The highest BCUT2D eigenvalue weighted by molar-refractivity contribution is 6.00. The molecule has 7 heteroatoms. The van der Waals surface area contributed by atoms with Crippen LogP contribution in [0.3, 0.4) is 0 Å². The monoisotopic (exact) mass is 361 g/mol. The number of ether oxygens (including phenoxy) is 1. The fourth-order valence-electron chi connectivity index (χ4n) is 4.08. The first-order valence-electron chi connectivity index (χ1n) is 8.42. The van der Waals surface area contributed by atoms with Gasteiger partial charge in [0.05, 0.1) is 22.8 Å². The summed E-state index contributed by atoms with van der Waals surface area (Å²) in [4.78, 5) is 24.2. The number of allylic oxidation sites excluding steroid dienone is 1. The van der Waals surface area contributed by atoms with Gasteiger partial charge in [-0.05, 0) is 42.9 Å². The van der Waals surface area contributed by atoms with E-state index in [0.29, 0.717) is 22.5 Å². The van der Waals surface area contributed by atoms with E-state index in [0.717, 1.165) is 0 Å². The zero-order chi connectivity index (χ0) is 18.6. The molecule has 0 bridgehead atoms. The number of carbonyl (C=O) groups is 2. The third-order valence-electron chi connectivity index (χ3n) is 5.33. The molecule has 1 saturated carbocycles. The van der Waals surface area contributed by atoms with Gasteiger partial charge >= 0.3 is 11.9 Å². The first-order valence-corrected chi connectivity index (χ1v) is 8.42. The smallest absolute Gasteiger partial charge is 0.337 e. The van der Waals surface area contributed by atoms with Crippen LogP contribution in [0.1, 0.15) is 42.7 Å². The minimum atomic E-state index is -1.20. The molecule has 3 aliphatic rings. The Bertz CT molecular complexity index is 882. The minimum absolute atomic E-state index is 0.0226. The van der Waals surface area contributed by atoms with Gasteiger partial charge < -0.3 is 15.2 Å². The summed E-state index contributed by atoms with van der Waals surface area (Å²) in [5, 5.41) is 12.6. The third-order valence-corrected chi connectivity index (χ3v) is 5.33. The topological polar surface area (TPSA) is 75.6 Å². The highest BCUT2D eigenvalue weighted by Crippen LogP contribution is 2.48. The molecule has 0 radical (unpaired) electrons. The molecule has 0 unspecified atom stereocenters. The molecule has 1 aromatic carbocycles. The lowest BCUT2D eigenvalue weighted by Crippen LogP contribution is -2.31. The van der Waals surface area contributed by atoms with Crippen molar-refractivity contribution in [2.75, 3.05) is 6.61 Å². The number of hydrogen-bond donors (Lipinski definition) is 2. The molecule has 0 amide bonds. The molecule has 26 heavy (non-hydrogen) atoms. The number of halogens is 2. The van der Waals surface area contributed by atoms with Crippen molar-refractivity contribution in [1.82, 2.24) is 5.32 Å². The molecule has 0 aromatic heterocycles. The largest absolute Gasteiger partial charge is 0.478 e. The molecule has 0 saturated heterocycles. The molecular formula is C19H17F2NO4. The second-order valence-corrected chi connectivity index (χ2v) is 6.88. The van der Waals surface area contributed by atoms with Crippen molar-refractivity contribution in [3.8, 4) is 0 Å². The molecule has 2 heterocycles. The van der Waals surface area contributed by atoms with Gasteiger partial charge in [0.15, 0.2) is 0 Å². The Morgan fingerprint density at radius 2 is 2.08 bits per heavy atom. The number of carbonyl (C=O) groups excluding carboxylic acids is 1. The van der Waals surface area contributed by atoms with Crippen LogP contribution in [0.25, 0.3) is 0 Å². The lowest BCUT2D eigenvalue weighted by atomic mass is 9.71. The van der Waals surface area contributed by atoms with Crippen molar-refractivity contribution < 1.29 is 28.2 Å². The van der Waals surface area contributed by atoms with E-state index < -0.39 is 29.8 Å². The van der Waals surface area contributed by atoms with Gasteiger partial charge in [0.25, 0.3) is 0 Å². The number of nitrogens with one attached hydrogen (secondary N) is 1. The van der Waals surface area contributed by atoms with E-state index >= 15 is 0 Å². The highest BCUT2D eigenvalue weighted by atomic mass is 19.1. The average Bonchev–Trinajstić information content (AvgIpc) is 2.91. The standard InChI is InChI=1S/C19H17F2NO4/c1-8-14(18(23)24)16(17-13(22-8)7-26-19(17)25)11-3-2-4-12(21)15(11)9-5-10(20)6-9/h2-4,9-10,16,22H,5-7H2,1H3,(H,23,24)/t9?,10?,16-/m0/s1. The summed E-state index contributed by atoms with van der Waals surface area (Å²) in [6.07, 6.45) is -0.594. The van der Waals surface area contributed by atoms with Gasteiger partial charge in [0.2, 0.25) is 0 Å². The molecule has 2 aliphatic heterocycles. The SMILES string of the molecule is CC1=C(C(=O)O)[C@H](c2cccc(F)c2C2CC(F)C2)C2=C(COC2=O)N1. The van der Waals surface area contributed by atoms with E-state index in [4.69, 9.17) is 4.74 Å². The van der Waals surface area contributed by atoms with Gasteiger partial charge in [0.1, 0.15) is 18.6 Å². The Labute approximate surface area is 148 Å². The van der Waals surface area contributed by atoms with E-state index in [9.17, 15) is 23.5 Å². The summed E-state index contributed by atoms with van der Waals surface area (Å²) in [6.45, 7) is 1.62. The van der Waals surface area contributed by atoms with Crippen LogP contribution in [0.2, 0.25) is 0 Å². The summed E-state index contributed by atoms with van der Waals surface area (Å²) in [5.74, 6) is -3.58. The lowest BCUT2D eigenvalue weighted by molar-refractivity contribution is -0.136. The van der Waals surface area contributed by atoms with Gasteiger partial charge in [-0.25, -0.2) is 18.4 Å². The Kier molecular flexibility index (Phi) is 3.82. The van der Waals surface area contributed by atoms with Crippen LogP contribution in [-0.4, -0.2) is 29.8 Å². The number of benzene rings is 1. The molecule has 136 valence electrons. The Morgan fingerprint density at radius 3 is 2.73 bits per heavy atom. The number of esters is 1. The number of carboxylic acids is 1. The van der Waals surface area contributed by atoms with Gasteiger partial charge in [-0.2, -0.15) is 0 Å². The average molecular weight is 361 g/mol. The number of carboxylic acid groups (broad SMARTS) is 1. The number of aliphatic carboxylic acids is 1. The third kappa shape index (κ3) is 2.41. The van der Waals surface area contributed by atoms with Crippen molar-refractivity contribution in [3.05, 3.63) is 57.7 Å². The second kappa shape index (κ2) is 5.93. The van der Waals surface area contributed by atoms with Crippen LogP contribution >= 0.6 is 0 Å². The molecule has 1 aliphatic carbocycles. The number of dihydropyridines is 1. The summed E-state index contributed by atoms with van der Waals surface area (Å²) < 4.78 is 33.1. The van der Waals surface area contributed by atoms with E-state index in [1.807, 2.05) is 0 Å². The first-order chi connectivity index (χ1) is 12.4. The number of hydrogen-bond acceptors (Lipinski definition) is 4. The van der Waals surface area contributed by atoms with E-state index in [2.05, 4.69) is 5.32 Å². The summed E-state index contributed by atoms with van der Waals surface area (Å²) >= 11 is 0. The Morgan fingerprint density at radius 1 is 1.35 bits per heavy atom. The highest BCUT2D eigenvalue weighted by Gasteiger charge is 2.44. The van der Waals surface area contributed by atoms with Crippen molar-refractivity contribution in [3.63, 3.8) is 0 Å². The van der Waals surface area contributed by atoms with E-state index in [1.165, 1.54) is 12.1 Å². The van der Waals surface area contributed by atoms with Gasteiger partial charge in [-0.3, -0.25) is 0 Å². The maximum Gasteiger partial charge on any atom is 0.337 e. The Balaban J connectivity index is 1.92. The normalized spacial score (nSPS) is 27.7. The molecule has 2 N–H and O–H groups in total. The van der Waals surface area contributed by atoms with Crippen LogP contribution in [0.15, 0.2) is 40.7 Å². The van der Waals surface area contributed by atoms with Crippen LogP contribution in [0.4, 0.5) is 8.78 Å². The quantitative estimate of drug-likeness (QED) is 0.810. The molecule has 1 atom stereocenters. The van der Waals surface area contributed by atoms with Gasteiger partial charge in [-0.15, -0.1) is 0 Å². The van der Waals surface area contributed by atoms with Crippen LogP contribution in [0.5, 0.6) is 0 Å². The molecular weight excluding hydrogens is 344 g/mol. The number of alkyl halides is 1. The van der Waals surface area contributed by atoms with Crippen molar-refractivity contribution in [2.24, 2.45) is 0 Å². The fourth-order valence-corrected chi connectivity index (χ4v) is 4.08. The number of cyclic esters (lactones) is 1. The van der Waals surface area contributed by atoms with Gasteiger partial charge in [-0.1, -0.05) is 12.1 Å².